The summed E-state index contributed by atoms with van der Waals surface area (Å²) >= 11 is 0. The van der Waals surface area contributed by atoms with Crippen molar-refractivity contribution in [3.63, 3.8) is 0 Å². The molecule has 2 nitrogen and oxygen atoms in total. The molecule has 3 aromatic rings. The Kier molecular flexibility index (Phi) is 8.66. The third-order valence-electron chi connectivity index (χ3n) is 5.49. The number of benzene rings is 3. The summed E-state index contributed by atoms with van der Waals surface area (Å²) < 4.78 is 40.2. The summed E-state index contributed by atoms with van der Waals surface area (Å²) in [6.45, 7) is 6.45. The fraction of sp³-hybridized carbons (Fsp3) is 0.357. The van der Waals surface area contributed by atoms with Crippen LogP contribution in [0.3, 0.4) is 0 Å². The second-order valence-electron chi connectivity index (χ2n) is 8.07. The first kappa shape index (κ1) is 23.8. The summed E-state index contributed by atoms with van der Waals surface area (Å²) in [6, 6.07) is 17.6. The lowest BCUT2D eigenvalue weighted by Gasteiger charge is -2.15. The maximum atomic E-state index is 14.5. The molecule has 0 bridgehead atoms. The molecule has 170 valence electrons. The van der Waals surface area contributed by atoms with Gasteiger partial charge in [-0.25, -0.2) is 8.78 Å². The molecule has 0 amide bonds. The van der Waals surface area contributed by atoms with Gasteiger partial charge in [0.25, 0.3) is 0 Å². The largest absolute Gasteiger partial charge is 0.494 e. The topological polar surface area (TPSA) is 18.5 Å². The van der Waals surface area contributed by atoms with Crippen LogP contribution in [0.5, 0.6) is 11.5 Å². The van der Waals surface area contributed by atoms with Crippen molar-refractivity contribution in [2.75, 3.05) is 6.61 Å². The van der Waals surface area contributed by atoms with E-state index in [1.807, 2.05) is 36.4 Å². The molecule has 0 fully saturated rings. The van der Waals surface area contributed by atoms with Gasteiger partial charge in [0, 0.05) is 12.1 Å². The third-order valence-corrected chi connectivity index (χ3v) is 5.49. The Morgan fingerprint density at radius 2 is 1.28 bits per heavy atom. The second kappa shape index (κ2) is 11.7. The number of ether oxygens (including phenoxy) is 2. The molecule has 32 heavy (non-hydrogen) atoms. The van der Waals surface area contributed by atoms with E-state index in [4.69, 9.17) is 9.47 Å². The summed E-state index contributed by atoms with van der Waals surface area (Å²) in [4.78, 5) is 0. The van der Waals surface area contributed by atoms with Gasteiger partial charge in [0.05, 0.1) is 18.3 Å². The Bertz CT molecular complexity index is 958. The molecule has 0 aliphatic heterocycles. The summed E-state index contributed by atoms with van der Waals surface area (Å²) in [5, 5.41) is 0. The van der Waals surface area contributed by atoms with Crippen molar-refractivity contribution in [1.29, 1.82) is 0 Å². The number of hydrogen-bond donors (Lipinski definition) is 0. The zero-order valence-electron chi connectivity index (χ0n) is 19.2. The predicted octanol–water partition coefficient (Wildman–Crippen LogP) is 8.44. The molecule has 0 heterocycles. The van der Waals surface area contributed by atoms with Gasteiger partial charge in [-0.05, 0) is 55.5 Å². The highest BCUT2D eigenvalue weighted by molar-refractivity contribution is 5.71. The van der Waals surface area contributed by atoms with Crippen molar-refractivity contribution in [2.45, 2.75) is 59.0 Å². The predicted molar refractivity (Wildman–Crippen MR) is 127 cm³/mol. The fourth-order valence-electron chi connectivity index (χ4n) is 3.78. The molecule has 3 rings (SSSR count). The zero-order valence-corrected chi connectivity index (χ0v) is 19.2. The van der Waals surface area contributed by atoms with E-state index >= 15 is 0 Å². The van der Waals surface area contributed by atoms with Gasteiger partial charge >= 0.3 is 0 Å². The monoisotopic (exact) mass is 438 g/mol. The Morgan fingerprint density at radius 1 is 0.719 bits per heavy atom. The van der Waals surface area contributed by atoms with E-state index in [-0.39, 0.29) is 17.4 Å². The number of rotatable bonds is 11. The van der Waals surface area contributed by atoms with Crippen molar-refractivity contribution < 1.29 is 18.3 Å². The smallest absolute Gasteiger partial charge is 0.137 e. The van der Waals surface area contributed by atoms with Crippen LogP contribution in [0.1, 0.15) is 52.9 Å². The maximum absolute atomic E-state index is 14.5. The lowest BCUT2D eigenvalue weighted by Crippen LogP contribution is -2.11. The van der Waals surface area contributed by atoms with Crippen LogP contribution in [-0.4, -0.2) is 12.7 Å². The van der Waals surface area contributed by atoms with E-state index in [1.54, 1.807) is 19.1 Å². The van der Waals surface area contributed by atoms with Gasteiger partial charge in [-0.2, -0.15) is 0 Å². The van der Waals surface area contributed by atoms with Gasteiger partial charge in [-0.1, -0.05) is 62.6 Å². The number of halogens is 2. The molecule has 0 saturated carbocycles. The average molecular weight is 439 g/mol. The van der Waals surface area contributed by atoms with E-state index < -0.39 is 11.6 Å². The van der Waals surface area contributed by atoms with Gasteiger partial charge in [-0.3, -0.25) is 0 Å². The Labute approximate surface area is 190 Å². The summed E-state index contributed by atoms with van der Waals surface area (Å²) in [7, 11) is 0. The minimum Gasteiger partial charge on any atom is -0.494 e. The normalized spacial score (nSPS) is 11.9. The molecule has 3 aromatic carbocycles. The number of hydrogen-bond acceptors (Lipinski definition) is 2. The van der Waals surface area contributed by atoms with Crippen molar-refractivity contribution in [1.82, 2.24) is 0 Å². The minimum atomic E-state index is -0.633. The van der Waals surface area contributed by atoms with E-state index in [0.717, 1.165) is 23.3 Å². The van der Waals surface area contributed by atoms with Crippen LogP contribution in [0.15, 0.2) is 60.7 Å². The molecule has 1 atom stereocenters. The molecule has 0 aliphatic carbocycles. The van der Waals surface area contributed by atoms with Gasteiger partial charge in [0.2, 0.25) is 0 Å². The van der Waals surface area contributed by atoms with Crippen LogP contribution in [0.4, 0.5) is 8.78 Å². The standard InChI is InChI=1S/C28H32F2O2/c1-4-6-7-8-9-20(3)32-24-16-14-22(15-17-24)21-10-12-23(13-11-21)28-26(29)18-25(31-5-2)19-27(28)30/h10-20H,4-9H2,1-3H3. The Balaban J connectivity index is 1.66. The average Bonchev–Trinajstić information content (AvgIpc) is 2.78. The SMILES string of the molecule is CCCCCCC(C)Oc1ccc(-c2ccc(-c3c(F)cc(OCC)cc3F)cc2)cc1. The minimum absolute atomic E-state index is 0.0447. The van der Waals surface area contributed by atoms with Gasteiger partial charge in [-0.15, -0.1) is 0 Å². The highest BCUT2D eigenvalue weighted by atomic mass is 19.1. The van der Waals surface area contributed by atoms with Crippen LogP contribution in [0.2, 0.25) is 0 Å². The Hall–Kier alpha value is -2.88. The van der Waals surface area contributed by atoms with Gasteiger partial charge in [0.1, 0.15) is 23.1 Å². The maximum Gasteiger partial charge on any atom is 0.137 e. The van der Waals surface area contributed by atoms with Crippen LogP contribution >= 0.6 is 0 Å². The zero-order chi connectivity index (χ0) is 22.9. The fourth-order valence-corrected chi connectivity index (χ4v) is 3.78. The van der Waals surface area contributed by atoms with E-state index in [1.165, 1.54) is 37.8 Å². The van der Waals surface area contributed by atoms with Crippen molar-refractivity contribution >= 4 is 0 Å². The molecule has 4 heteroatoms. The first-order valence-corrected chi connectivity index (χ1v) is 11.5. The highest BCUT2D eigenvalue weighted by Crippen LogP contribution is 2.32. The highest BCUT2D eigenvalue weighted by Gasteiger charge is 2.14. The molecule has 0 saturated heterocycles. The first-order chi connectivity index (χ1) is 15.5. The molecule has 0 N–H and O–H groups in total. The Morgan fingerprint density at radius 3 is 1.84 bits per heavy atom. The summed E-state index contributed by atoms with van der Waals surface area (Å²) in [5.74, 6) is -0.217. The van der Waals surface area contributed by atoms with Crippen molar-refractivity contribution in [3.05, 3.63) is 72.3 Å². The van der Waals surface area contributed by atoms with Crippen LogP contribution in [0, 0.1) is 11.6 Å². The molecule has 0 aliphatic rings. The lowest BCUT2D eigenvalue weighted by molar-refractivity contribution is 0.206. The van der Waals surface area contributed by atoms with Gasteiger partial charge in [0.15, 0.2) is 0 Å². The summed E-state index contributed by atoms with van der Waals surface area (Å²) in [5.41, 5.74) is 2.44. The first-order valence-electron chi connectivity index (χ1n) is 11.5. The number of unbranched alkanes of at least 4 members (excludes halogenated alkanes) is 3. The second-order valence-corrected chi connectivity index (χ2v) is 8.07. The van der Waals surface area contributed by atoms with E-state index in [9.17, 15) is 8.78 Å². The van der Waals surface area contributed by atoms with Crippen molar-refractivity contribution in [2.24, 2.45) is 0 Å². The summed E-state index contributed by atoms with van der Waals surface area (Å²) in [6.07, 6.45) is 6.20. The van der Waals surface area contributed by atoms with Crippen LogP contribution in [0.25, 0.3) is 22.3 Å². The molecular weight excluding hydrogens is 406 g/mol. The van der Waals surface area contributed by atoms with E-state index in [0.29, 0.717) is 12.2 Å². The van der Waals surface area contributed by atoms with Crippen molar-refractivity contribution in [3.8, 4) is 33.8 Å². The molecule has 0 aromatic heterocycles. The lowest BCUT2D eigenvalue weighted by atomic mass is 9.99. The third kappa shape index (κ3) is 6.32. The van der Waals surface area contributed by atoms with Crippen LogP contribution < -0.4 is 9.47 Å². The van der Waals surface area contributed by atoms with Crippen LogP contribution in [-0.2, 0) is 0 Å². The quantitative estimate of drug-likeness (QED) is 0.280. The van der Waals surface area contributed by atoms with E-state index in [2.05, 4.69) is 13.8 Å². The molecule has 0 spiro atoms. The molecule has 0 radical (unpaired) electrons. The van der Waals surface area contributed by atoms with Gasteiger partial charge < -0.3 is 9.47 Å². The molecule has 1 unspecified atom stereocenters. The molecular formula is C28H32F2O2.